The summed E-state index contributed by atoms with van der Waals surface area (Å²) >= 11 is 0. The van der Waals surface area contributed by atoms with E-state index in [9.17, 15) is 29.7 Å². The van der Waals surface area contributed by atoms with Crippen LogP contribution >= 0.6 is 0 Å². The molecule has 1 aliphatic carbocycles. The number of hydrogen-bond donors (Lipinski definition) is 0. The van der Waals surface area contributed by atoms with Crippen molar-refractivity contribution in [3.63, 3.8) is 0 Å². The van der Waals surface area contributed by atoms with Crippen molar-refractivity contribution in [3.8, 4) is 0 Å². The third-order valence-corrected chi connectivity index (χ3v) is 3.94. The van der Waals surface area contributed by atoms with Crippen molar-refractivity contribution in [2.45, 2.75) is 51.9 Å². The Bertz CT molecular complexity index is 412. The molecule has 0 N–H and O–H groups in total. The van der Waals surface area contributed by atoms with E-state index in [1.807, 2.05) is 19.0 Å². The Balaban J connectivity index is 0. The molecule has 0 heterocycles. The van der Waals surface area contributed by atoms with Gasteiger partial charge in [0.15, 0.2) is 0 Å². The molecule has 1 fully saturated rings. The van der Waals surface area contributed by atoms with Crippen LogP contribution in [0.3, 0.4) is 0 Å². The van der Waals surface area contributed by atoms with Crippen LogP contribution in [0.1, 0.15) is 51.9 Å². The van der Waals surface area contributed by atoms with Gasteiger partial charge < -0.3 is 34.6 Å². The highest BCUT2D eigenvalue weighted by atomic mass is 16.4. The molecule has 0 aromatic carbocycles. The van der Waals surface area contributed by atoms with E-state index in [0.29, 0.717) is 18.1 Å². The Morgan fingerprint density at radius 3 is 1.77 bits per heavy atom. The molecule has 7 heteroatoms. The maximum Gasteiger partial charge on any atom is 0.0643 e. The smallest absolute Gasteiger partial charge is 0.0643 e. The van der Waals surface area contributed by atoms with Crippen molar-refractivity contribution in [2.75, 3.05) is 20.6 Å². The number of carboxylic acid groups (broad SMARTS) is 3. The summed E-state index contributed by atoms with van der Waals surface area (Å²) in [7, 11) is 3.99. The van der Waals surface area contributed by atoms with E-state index in [1.165, 1.54) is 12.8 Å². The first-order chi connectivity index (χ1) is 12.1. The molecule has 26 heavy (non-hydrogen) atoms. The van der Waals surface area contributed by atoms with E-state index in [4.69, 9.17) is 0 Å². The average Bonchev–Trinajstić information content (AvgIpc) is 3.08. The van der Waals surface area contributed by atoms with Crippen molar-refractivity contribution in [3.05, 3.63) is 19.1 Å². The standard InChI is InChI=1S/C11H20O2.C4H10N.C4H4O4/c1-2-3-8-10(11(12)13)9-6-4-5-7-9;1-4-5(2)3;5-3(6)1-2-4(7)8/h9-10H,2-8H2,1H3,(H,12,13);1,4H2,2-3H3;1-2H,(H,5,6)(H,7,8)/p-3/b;;2-1+. The monoisotopic (exact) mass is 369 g/mol. The Hall–Kier alpha value is -1.89. The van der Waals surface area contributed by atoms with Gasteiger partial charge in [-0.25, -0.2) is 0 Å². The van der Waals surface area contributed by atoms with Crippen molar-refractivity contribution >= 4 is 17.9 Å². The number of carboxylic acids is 3. The topological polar surface area (TPSA) is 124 Å². The van der Waals surface area contributed by atoms with E-state index < -0.39 is 17.9 Å². The van der Waals surface area contributed by atoms with Gasteiger partial charge in [0.2, 0.25) is 0 Å². The van der Waals surface area contributed by atoms with Crippen LogP contribution in [0.4, 0.5) is 0 Å². The van der Waals surface area contributed by atoms with Crippen LogP contribution in [0.5, 0.6) is 0 Å². The molecule has 1 unspecified atom stereocenters. The lowest BCUT2D eigenvalue weighted by Gasteiger charge is -2.24. The first kappa shape index (κ1) is 26.3. The van der Waals surface area contributed by atoms with E-state index in [1.54, 1.807) is 0 Å². The third-order valence-electron chi connectivity index (χ3n) is 3.94. The van der Waals surface area contributed by atoms with Gasteiger partial charge in [-0.1, -0.05) is 32.6 Å². The molecular weight excluding hydrogens is 338 g/mol. The summed E-state index contributed by atoms with van der Waals surface area (Å²) < 4.78 is 0. The number of carbonyl (C=O) groups excluding carboxylic acids is 3. The van der Waals surface area contributed by atoms with E-state index in [0.717, 1.165) is 38.6 Å². The second-order valence-corrected chi connectivity index (χ2v) is 6.39. The average molecular weight is 369 g/mol. The predicted molar refractivity (Wildman–Crippen MR) is 93.0 cm³/mol. The molecule has 0 saturated heterocycles. The highest BCUT2D eigenvalue weighted by molar-refractivity contribution is 5.87. The Morgan fingerprint density at radius 2 is 1.50 bits per heavy atom. The Kier molecular flexibility index (Phi) is 16.8. The molecule has 151 valence electrons. The first-order valence-electron chi connectivity index (χ1n) is 8.90. The number of nitrogens with zero attached hydrogens (tertiary/aromatic N) is 1. The van der Waals surface area contributed by atoms with Crippen molar-refractivity contribution in [1.29, 1.82) is 0 Å². The summed E-state index contributed by atoms with van der Waals surface area (Å²) in [6, 6.07) is 0. The maximum absolute atomic E-state index is 10.9. The molecule has 0 aromatic heterocycles. The number of carbonyl (C=O) groups is 3. The zero-order valence-electron chi connectivity index (χ0n) is 16.1. The second-order valence-electron chi connectivity index (χ2n) is 6.39. The van der Waals surface area contributed by atoms with Crippen LogP contribution in [0.2, 0.25) is 0 Å². The molecular formula is C19H31NO6-3. The van der Waals surface area contributed by atoms with Gasteiger partial charge in [-0.15, -0.1) is 0 Å². The van der Waals surface area contributed by atoms with Crippen LogP contribution in [0, 0.1) is 18.8 Å². The lowest BCUT2D eigenvalue weighted by Crippen LogP contribution is -2.35. The summed E-state index contributed by atoms with van der Waals surface area (Å²) in [5.41, 5.74) is 0. The highest BCUT2D eigenvalue weighted by Crippen LogP contribution is 2.33. The summed E-state index contributed by atoms with van der Waals surface area (Å²) in [5.74, 6) is -3.66. The van der Waals surface area contributed by atoms with Crippen LogP contribution in [-0.4, -0.2) is 43.4 Å². The van der Waals surface area contributed by atoms with Gasteiger partial charge in [0, 0.05) is 11.9 Å². The molecule has 1 rings (SSSR count). The van der Waals surface area contributed by atoms with Gasteiger partial charge >= 0.3 is 0 Å². The minimum absolute atomic E-state index is 0.164. The summed E-state index contributed by atoms with van der Waals surface area (Å²) in [6.07, 6.45) is 8.31. The molecule has 0 spiro atoms. The zero-order chi connectivity index (χ0) is 20.5. The van der Waals surface area contributed by atoms with Crippen molar-refractivity contribution in [2.24, 2.45) is 11.8 Å². The Labute approximate surface area is 156 Å². The van der Waals surface area contributed by atoms with Crippen LogP contribution in [-0.2, 0) is 14.4 Å². The van der Waals surface area contributed by atoms with E-state index in [-0.39, 0.29) is 5.92 Å². The molecule has 1 radical (unpaired) electrons. The SMILES string of the molecule is CCCCC(C(=O)[O-])C1CCCC1.O=C([O-])/C=C/C(=O)[O-].[CH2]CN(C)C. The normalized spacial score (nSPS) is 15.0. The van der Waals surface area contributed by atoms with E-state index in [2.05, 4.69) is 13.8 Å². The molecule has 1 atom stereocenters. The van der Waals surface area contributed by atoms with E-state index >= 15 is 0 Å². The lowest BCUT2D eigenvalue weighted by atomic mass is 9.87. The fourth-order valence-electron chi connectivity index (χ4n) is 2.47. The predicted octanol–water partition coefficient (Wildman–Crippen LogP) is -0.843. The fraction of sp³-hybridized carbons (Fsp3) is 0.684. The fourth-order valence-corrected chi connectivity index (χ4v) is 2.47. The molecule has 0 aromatic rings. The molecule has 0 aliphatic heterocycles. The molecule has 0 amide bonds. The third kappa shape index (κ3) is 17.0. The van der Waals surface area contributed by atoms with Gasteiger partial charge in [-0.2, -0.15) is 0 Å². The van der Waals surface area contributed by atoms with Crippen molar-refractivity contribution < 1.29 is 29.7 Å². The summed E-state index contributed by atoms with van der Waals surface area (Å²) in [6.45, 7) is 6.60. The quantitative estimate of drug-likeness (QED) is 0.511. The second kappa shape index (κ2) is 16.6. The lowest BCUT2D eigenvalue weighted by molar-refractivity contribution is -0.313. The van der Waals surface area contributed by atoms with Crippen LogP contribution < -0.4 is 15.3 Å². The molecule has 0 bridgehead atoms. The van der Waals surface area contributed by atoms with Gasteiger partial charge in [0.25, 0.3) is 0 Å². The minimum atomic E-state index is -1.55. The number of rotatable bonds is 8. The molecule has 7 nitrogen and oxygen atoms in total. The number of unbranched alkanes of at least 4 members (excludes halogenated alkanes) is 1. The van der Waals surface area contributed by atoms with Gasteiger partial charge in [-0.3, -0.25) is 0 Å². The first-order valence-corrected chi connectivity index (χ1v) is 8.90. The van der Waals surface area contributed by atoms with Gasteiger partial charge in [0.05, 0.1) is 11.9 Å². The zero-order valence-corrected chi connectivity index (χ0v) is 16.1. The van der Waals surface area contributed by atoms with Crippen LogP contribution in [0.15, 0.2) is 12.2 Å². The number of aliphatic carboxylic acids is 3. The highest BCUT2D eigenvalue weighted by Gasteiger charge is 2.25. The van der Waals surface area contributed by atoms with Gasteiger partial charge in [-0.05, 0) is 64.9 Å². The largest absolute Gasteiger partial charge is 0.550 e. The number of hydrogen-bond acceptors (Lipinski definition) is 7. The van der Waals surface area contributed by atoms with Crippen molar-refractivity contribution in [1.82, 2.24) is 4.90 Å². The van der Waals surface area contributed by atoms with Crippen LogP contribution in [0.25, 0.3) is 0 Å². The molecule has 1 aliphatic rings. The van der Waals surface area contributed by atoms with Gasteiger partial charge in [0.1, 0.15) is 0 Å². The summed E-state index contributed by atoms with van der Waals surface area (Å²) in [4.78, 5) is 31.7. The maximum atomic E-state index is 10.9. The molecule has 1 saturated carbocycles. The minimum Gasteiger partial charge on any atom is -0.550 e. The Morgan fingerprint density at radius 1 is 1.08 bits per heavy atom. The summed E-state index contributed by atoms with van der Waals surface area (Å²) in [5, 5.41) is 29.7.